The van der Waals surface area contributed by atoms with Crippen LogP contribution in [0.1, 0.15) is 30.8 Å². The van der Waals surface area contributed by atoms with Gasteiger partial charge in [0.15, 0.2) is 0 Å². The van der Waals surface area contributed by atoms with Gasteiger partial charge in [-0.2, -0.15) is 0 Å². The molecule has 1 N–H and O–H groups in total. The molecule has 0 aromatic heterocycles. The minimum Gasteiger partial charge on any atom is -0.333 e. The maximum Gasteiger partial charge on any atom is 0.317 e. The van der Waals surface area contributed by atoms with Crippen LogP contribution in [0.2, 0.25) is 0 Å². The quantitative estimate of drug-likeness (QED) is 0.626. The second-order valence-electron chi connectivity index (χ2n) is 5.45. The zero-order valence-electron chi connectivity index (χ0n) is 11.6. The van der Waals surface area contributed by atoms with Gasteiger partial charge in [-0.1, -0.05) is 13.8 Å². The summed E-state index contributed by atoms with van der Waals surface area (Å²) < 4.78 is 22.6. The summed E-state index contributed by atoms with van der Waals surface area (Å²) in [6.07, 6.45) is 2.15. The van der Waals surface area contributed by atoms with E-state index in [0.717, 1.165) is 17.7 Å². The van der Waals surface area contributed by atoms with Crippen LogP contribution < -0.4 is 5.32 Å². The SMILES string of the molecule is [2H]C([2H])([2H])N1C(=O)NC2C1C1CCC2C1(C)C. The maximum atomic E-state index is 11.8. The number of hydrogen-bond donors (Lipinski definition) is 1. The van der Waals surface area contributed by atoms with Gasteiger partial charge in [0.2, 0.25) is 0 Å². The highest BCUT2D eigenvalue weighted by Gasteiger charge is 2.63. The van der Waals surface area contributed by atoms with Gasteiger partial charge in [-0.15, -0.1) is 0 Å². The smallest absolute Gasteiger partial charge is 0.317 e. The van der Waals surface area contributed by atoms with Crippen LogP contribution >= 0.6 is 0 Å². The summed E-state index contributed by atoms with van der Waals surface area (Å²) in [6, 6.07) is -0.507. The largest absolute Gasteiger partial charge is 0.333 e. The van der Waals surface area contributed by atoms with Gasteiger partial charge in [0.05, 0.1) is 12.1 Å². The molecular formula is C11H18N2O. The summed E-state index contributed by atoms with van der Waals surface area (Å²) in [5.74, 6) is 0.741. The molecule has 2 amide bonds. The Labute approximate surface area is 89.1 Å². The van der Waals surface area contributed by atoms with Gasteiger partial charge in [0.1, 0.15) is 0 Å². The van der Waals surface area contributed by atoms with Gasteiger partial charge in [-0.25, -0.2) is 4.79 Å². The average molecular weight is 197 g/mol. The summed E-state index contributed by atoms with van der Waals surface area (Å²) in [5, 5.41) is 2.89. The zero-order valence-corrected chi connectivity index (χ0v) is 8.58. The number of urea groups is 1. The third kappa shape index (κ3) is 0.733. The molecule has 0 spiro atoms. The van der Waals surface area contributed by atoms with Crippen molar-refractivity contribution in [3.05, 3.63) is 0 Å². The molecule has 4 atom stereocenters. The minimum absolute atomic E-state index is 0.0386. The molecule has 2 aliphatic carbocycles. The number of hydrogen-bond acceptors (Lipinski definition) is 1. The van der Waals surface area contributed by atoms with Crippen LogP contribution in [0.4, 0.5) is 4.79 Å². The molecule has 3 nitrogen and oxygen atoms in total. The van der Waals surface area contributed by atoms with Crippen LogP contribution in [0.5, 0.6) is 0 Å². The molecule has 4 unspecified atom stereocenters. The van der Waals surface area contributed by atoms with E-state index in [1.165, 1.54) is 0 Å². The van der Waals surface area contributed by atoms with Crippen LogP contribution in [-0.2, 0) is 0 Å². The molecule has 0 aromatic carbocycles. The molecule has 3 aliphatic rings. The van der Waals surface area contributed by atoms with E-state index in [4.69, 9.17) is 4.11 Å². The summed E-state index contributed by atoms with van der Waals surface area (Å²) in [4.78, 5) is 12.9. The van der Waals surface area contributed by atoms with Crippen molar-refractivity contribution in [3.63, 3.8) is 0 Å². The molecule has 2 saturated carbocycles. The van der Waals surface area contributed by atoms with E-state index in [-0.39, 0.29) is 17.5 Å². The van der Waals surface area contributed by atoms with Gasteiger partial charge in [-0.3, -0.25) is 0 Å². The van der Waals surface area contributed by atoms with Gasteiger partial charge in [0.25, 0.3) is 0 Å². The second-order valence-corrected chi connectivity index (χ2v) is 5.45. The van der Waals surface area contributed by atoms with Crippen molar-refractivity contribution >= 4 is 6.03 Å². The Morgan fingerprint density at radius 2 is 2.21 bits per heavy atom. The molecule has 1 saturated heterocycles. The first-order valence-corrected chi connectivity index (χ1v) is 5.34. The van der Waals surface area contributed by atoms with Crippen LogP contribution in [0.25, 0.3) is 0 Å². The van der Waals surface area contributed by atoms with Crippen molar-refractivity contribution in [3.8, 4) is 0 Å². The maximum absolute atomic E-state index is 11.8. The standard InChI is InChI=1S/C11H18N2O/c1-11(2)6-4-5-7(11)9-8(6)12-10(14)13(9)3/h6-9H,4-5H2,1-3H3,(H,12,14)/i3D3. The van der Waals surface area contributed by atoms with E-state index in [1.807, 2.05) is 0 Å². The number of amides is 2. The Kier molecular flexibility index (Phi) is 0.965. The van der Waals surface area contributed by atoms with Crippen molar-refractivity contribution in [1.82, 2.24) is 10.2 Å². The van der Waals surface area contributed by atoms with E-state index in [0.29, 0.717) is 11.8 Å². The van der Waals surface area contributed by atoms with Gasteiger partial charge < -0.3 is 10.2 Å². The van der Waals surface area contributed by atoms with Gasteiger partial charge in [0, 0.05) is 11.1 Å². The first-order chi connectivity index (χ1) is 7.74. The summed E-state index contributed by atoms with van der Waals surface area (Å²) >= 11 is 0. The summed E-state index contributed by atoms with van der Waals surface area (Å²) in [5.41, 5.74) is 0.145. The first kappa shape index (κ1) is 5.99. The Balaban J connectivity index is 2.00. The lowest BCUT2D eigenvalue weighted by Crippen LogP contribution is -2.39. The van der Waals surface area contributed by atoms with E-state index in [9.17, 15) is 4.79 Å². The monoisotopic (exact) mass is 197 g/mol. The number of carbonyl (C=O) groups excluding carboxylic acids is 1. The number of nitrogens with zero attached hydrogens (tertiary/aromatic N) is 1. The third-order valence-corrected chi connectivity index (χ3v) is 4.72. The lowest BCUT2D eigenvalue weighted by molar-refractivity contribution is 0.174. The van der Waals surface area contributed by atoms with Crippen molar-refractivity contribution < 1.29 is 8.91 Å². The number of nitrogens with one attached hydrogen (secondary N) is 1. The van der Waals surface area contributed by atoms with Gasteiger partial charge >= 0.3 is 6.03 Å². The molecule has 1 heterocycles. The van der Waals surface area contributed by atoms with Crippen molar-refractivity contribution in [2.24, 2.45) is 17.3 Å². The third-order valence-electron chi connectivity index (χ3n) is 4.72. The molecular weight excluding hydrogens is 176 g/mol. The highest BCUT2D eigenvalue weighted by molar-refractivity contribution is 5.78. The molecule has 0 aromatic rings. The van der Waals surface area contributed by atoms with Crippen LogP contribution in [0.3, 0.4) is 0 Å². The molecule has 3 fully saturated rings. The van der Waals surface area contributed by atoms with E-state index in [1.54, 1.807) is 0 Å². The molecule has 0 radical (unpaired) electrons. The molecule has 14 heavy (non-hydrogen) atoms. The second kappa shape index (κ2) is 2.26. The summed E-state index contributed by atoms with van der Waals surface area (Å²) in [7, 11) is 0. The molecule has 3 heteroatoms. The fourth-order valence-electron chi connectivity index (χ4n) is 3.99. The molecule has 2 bridgehead atoms. The van der Waals surface area contributed by atoms with E-state index < -0.39 is 13.0 Å². The number of rotatable bonds is 0. The lowest BCUT2D eigenvalue weighted by atomic mass is 9.81. The van der Waals surface area contributed by atoms with Crippen LogP contribution in [0.15, 0.2) is 0 Å². The first-order valence-electron chi connectivity index (χ1n) is 6.84. The molecule has 78 valence electrons. The predicted molar refractivity (Wildman–Crippen MR) is 53.9 cm³/mol. The fraction of sp³-hybridized carbons (Fsp3) is 0.909. The zero-order chi connectivity index (χ0) is 12.6. The van der Waals surface area contributed by atoms with E-state index in [2.05, 4.69) is 19.2 Å². The van der Waals surface area contributed by atoms with Gasteiger partial charge in [-0.05, 0) is 30.1 Å². The molecule has 1 aliphatic heterocycles. The van der Waals surface area contributed by atoms with Crippen LogP contribution in [0, 0.1) is 17.3 Å². The lowest BCUT2D eigenvalue weighted by Gasteiger charge is -2.29. The average Bonchev–Trinajstić information content (AvgIpc) is 2.68. The number of carbonyl (C=O) groups is 1. The Bertz CT molecular complexity index is 379. The Morgan fingerprint density at radius 1 is 1.50 bits per heavy atom. The highest BCUT2D eigenvalue weighted by atomic mass is 16.2. The normalized spacial score (nSPS) is 52.3. The Hall–Kier alpha value is -0.730. The Morgan fingerprint density at radius 3 is 2.93 bits per heavy atom. The van der Waals surface area contributed by atoms with Crippen molar-refractivity contribution in [2.75, 3.05) is 6.98 Å². The summed E-state index contributed by atoms with van der Waals surface area (Å²) in [6.45, 7) is 2.10. The topological polar surface area (TPSA) is 32.3 Å². The highest BCUT2D eigenvalue weighted by Crippen LogP contribution is 2.59. The van der Waals surface area contributed by atoms with E-state index >= 15 is 0 Å². The number of fused-ring (bicyclic) bond motifs is 5. The minimum atomic E-state index is -2.32. The fourth-order valence-corrected chi connectivity index (χ4v) is 3.99. The molecule has 3 rings (SSSR count). The predicted octanol–water partition coefficient (Wildman–Crippen LogP) is 1.44. The van der Waals surface area contributed by atoms with Crippen molar-refractivity contribution in [1.29, 1.82) is 0 Å². The van der Waals surface area contributed by atoms with Crippen LogP contribution in [-0.4, -0.2) is 30.0 Å². The number of likely N-dealkylation sites (N-methyl/N-ethyl adjacent to an activating group) is 1. The van der Waals surface area contributed by atoms with Crippen molar-refractivity contribution in [2.45, 2.75) is 38.8 Å².